The van der Waals surface area contributed by atoms with Crippen molar-refractivity contribution in [2.45, 2.75) is 40.0 Å². The molecule has 2 nitrogen and oxygen atoms in total. The van der Waals surface area contributed by atoms with Crippen molar-refractivity contribution in [3.8, 4) is 33.7 Å². The van der Waals surface area contributed by atoms with Crippen LogP contribution in [0.2, 0.25) is 0 Å². The van der Waals surface area contributed by atoms with E-state index in [1.54, 1.807) is 0 Å². The largest absolute Gasteiger partial charge is 0.438 e. The quantitative estimate of drug-likeness (QED) is 0.285. The second kappa shape index (κ2) is 8.04. The Balaban J connectivity index is 1.55. The van der Waals surface area contributed by atoms with Gasteiger partial charge in [-0.15, -0.1) is 0 Å². The SMILES string of the molecule is Cc1cc(C(C)(C)C)cc(C)c1-c1cc2ccc(-c3cccc(-c4ccccc4)c3)nc2o1. The van der Waals surface area contributed by atoms with E-state index in [2.05, 4.69) is 113 Å². The topological polar surface area (TPSA) is 26.0 Å². The van der Waals surface area contributed by atoms with Crippen LogP contribution >= 0.6 is 0 Å². The first-order chi connectivity index (χ1) is 15.8. The predicted molar refractivity (Wildman–Crippen MR) is 138 cm³/mol. The van der Waals surface area contributed by atoms with Crippen LogP contribution in [0.15, 0.2) is 89.3 Å². The van der Waals surface area contributed by atoms with Crippen LogP contribution in [0, 0.1) is 13.8 Å². The highest BCUT2D eigenvalue weighted by Gasteiger charge is 2.19. The van der Waals surface area contributed by atoms with Gasteiger partial charge in [-0.1, -0.05) is 81.4 Å². The summed E-state index contributed by atoms with van der Waals surface area (Å²) < 4.78 is 6.31. The van der Waals surface area contributed by atoms with Gasteiger partial charge < -0.3 is 4.42 Å². The lowest BCUT2D eigenvalue weighted by molar-refractivity contribution is 0.588. The minimum Gasteiger partial charge on any atom is -0.438 e. The molecule has 0 bridgehead atoms. The minimum atomic E-state index is 0.118. The average molecular weight is 432 g/mol. The number of nitrogens with zero attached hydrogens (tertiary/aromatic N) is 1. The number of fused-ring (bicyclic) bond motifs is 1. The summed E-state index contributed by atoms with van der Waals surface area (Å²) in [5.41, 5.74) is 10.1. The maximum atomic E-state index is 6.31. The molecule has 0 saturated heterocycles. The van der Waals surface area contributed by atoms with Gasteiger partial charge in [0, 0.05) is 16.5 Å². The zero-order valence-corrected chi connectivity index (χ0v) is 19.9. The fourth-order valence-electron chi connectivity index (χ4n) is 4.48. The highest BCUT2D eigenvalue weighted by molar-refractivity contribution is 5.84. The Bertz CT molecular complexity index is 1430. The zero-order valence-electron chi connectivity index (χ0n) is 19.9. The van der Waals surface area contributed by atoms with Crippen LogP contribution in [-0.4, -0.2) is 4.98 Å². The van der Waals surface area contributed by atoms with Crippen LogP contribution in [0.5, 0.6) is 0 Å². The van der Waals surface area contributed by atoms with Crippen LogP contribution in [0.4, 0.5) is 0 Å². The number of benzene rings is 3. The molecule has 0 N–H and O–H groups in total. The van der Waals surface area contributed by atoms with Gasteiger partial charge in [0.25, 0.3) is 0 Å². The number of rotatable bonds is 3. The van der Waals surface area contributed by atoms with E-state index in [0.717, 1.165) is 28.0 Å². The fourth-order valence-corrected chi connectivity index (χ4v) is 4.48. The average Bonchev–Trinajstić information content (AvgIpc) is 3.21. The van der Waals surface area contributed by atoms with E-state index in [-0.39, 0.29) is 5.41 Å². The van der Waals surface area contributed by atoms with Gasteiger partial charge in [-0.2, -0.15) is 0 Å². The molecule has 164 valence electrons. The third-order valence-electron chi connectivity index (χ3n) is 6.29. The molecule has 5 rings (SSSR count). The molecule has 2 heterocycles. The van der Waals surface area contributed by atoms with E-state index in [9.17, 15) is 0 Å². The van der Waals surface area contributed by atoms with Crippen LogP contribution in [0.3, 0.4) is 0 Å². The highest BCUT2D eigenvalue weighted by Crippen LogP contribution is 2.36. The summed E-state index contributed by atoms with van der Waals surface area (Å²) in [6.07, 6.45) is 0. The van der Waals surface area contributed by atoms with E-state index in [4.69, 9.17) is 9.40 Å². The van der Waals surface area contributed by atoms with Gasteiger partial charge in [-0.25, -0.2) is 4.98 Å². The van der Waals surface area contributed by atoms with Crippen molar-refractivity contribution in [3.05, 3.63) is 102 Å². The molecule has 0 fully saturated rings. The van der Waals surface area contributed by atoms with Gasteiger partial charge in [0.2, 0.25) is 5.71 Å². The van der Waals surface area contributed by atoms with Crippen molar-refractivity contribution in [1.29, 1.82) is 0 Å². The zero-order chi connectivity index (χ0) is 23.2. The van der Waals surface area contributed by atoms with Crippen LogP contribution in [-0.2, 0) is 5.41 Å². The molecule has 2 heteroatoms. The van der Waals surface area contributed by atoms with Gasteiger partial charge in [0.05, 0.1) is 5.69 Å². The van der Waals surface area contributed by atoms with Gasteiger partial charge in [0.15, 0.2) is 0 Å². The number of hydrogen-bond acceptors (Lipinski definition) is 2. The molecule has 0 saturated carbocycles. The summed E-state index contributed by atoms with van der Waals surface area (Å²) in [6, 6.07) is 29.8. The number of pyridine rings is 1. The van der Waals surface area contributed by atoms with Gasteiger partial charge >= 0.3 is 0 Å². The molecule has 0 radical (unpaired) electrons. The summed E-state index contributed by atoms with van der Waals surface area (Å²) in [5, 5.41) is 1.02. The summed E-state index contributed by atoms with van der Waals surface area (Å²) in [5.74, 6) is 0.878. The Morgan fingerprint density at radius 1 is 0.667 bits per heavy atom. The summed E-state index contributed by atoms with van der Waals surface area (Å²) in [7, 11) is 0. The lowest BCUT2D eigenvalue weighted by atomic mass is 9.83. The van der Waals surface area contributed by atoms with E-state index < -0.39 is 0 Å². The maximum Gasteiger partial charge on any atom is 0.227 e. The fraction of sp³-hybridized carbons (Fsp3) is 0.194. The normalized spacial score (nSPS) is 11.8. The number of furan rings is 1. The number of aryl methyl sites for hydroxylation is 2. The molecule has 0 amide bonds. The van der Waals surface area contributed by atoms with Crippen LogP contribution in [0.25, 0.3) is 44.8 Å². The van der Waals surface area contributed by atoms with Gasteiger partial charge in [0.1, 0.15) is 5.76 Å². The second-order valence-electron chi connectivity index (χ2n) is 9.88. The van der Waals surface area contributed by atoms with Gasteiger partial charge in [-0.05, 0) is 71.3 Å². The smallest absolute Gasteiger partial charge is 0.227 e. The molecule has 2 aromatic heterocycles. The first kappa shape index (κ1) is 21.2. The molecule has 33 heavy (non-hydrogen) atoms. The first-order valence-electron chi connectivity index (χ1n) is 11.5. The maximum absolute atomic E-state index is 6.31. The molecule has 0 aliphatic heterocycles. The Morgan fingerprint density at radius 3 is 2.03 bits per heavy atom. The minimum absolute atomic E-state index is 0.118. The Kier molecular flexibility index (Phi) is 5.17. The second-order valence-corrected chi connectivity index (χ2v) is 9.88. The third kappa shape index (κ3) is 4.09. The summed E-state index contributed by atoms with van der Waals surface area (Å²) >= 11 is 0. The molecular formula is C31H29NO. The van der Waals surface area contributed by atoms with Crippen LogP contribution < -0.4 is 0 Å². The van der Waals surface area contributed by atoms with Crippen molar-refractivity contribution in [3.63, 3.8) is 0 Å². The summed E-state index contributed by atoms with van der Waals surface area (Å²) in [6.45, 7) is 11.1. The van der Waals surface area contributed by atoms with E-state index in [1.807, 2.05) is 6.07 Å². The summed E-state index contributed by atoms with van der Waals surface area (Å²) in [4.78, 5) is 4.88. The molecule has 0 aliphatic carbocycles. The van der Waals surface area contributed by atoms with E-state index in [0.29, 0.717) is 5.71 Å². The van der Waals surface area contributed by atoms with Crippen molar-refractivity contribution in [1.82, 2.24) is 4.98 Å². The monoisotopic (exact) mass is 431 g/mol. The molecule has 5 aromatic rings. The molecular weight excluding hydrogens is 402 g/mol. The highest BCUT2D eigenvalue weighted by atomic mass is 16.3. The van der Waals surface area contributed by atoms with Gasteiger partial charge in [-0.3, -0.25) is 0 Å². The first-order valence-corrected chi connectivity index (χ1v) is 11.5. The van der Waals surface area contributed by atoms with Crippen LogP contribution in [0.1, 0.15) is 37.5 Å². The molecule has 0 unspecified atom stereocenters. The number of hydrogen-bond donors (Lipinski definition) is 0. The van der Waals surface area contributed by atoms with Crippen molar-refractivity contribution >= 4 is 11.1 Å². The Hall–Kier alpha value is -3.65. The van der Waals surface area contributed by atoms with Crippen molar-refractivity contribution < 1.29 is 4.42 Å². The number of aromatic nitrogens is 1. The molecule has 0 atom stereocenters. The molecule has 0 aliphatic rings. The standard InChI is InChI=1S/C31H29NO/c1-20-16-26(31(3,4)5)17-21(2)29(20)28-19-25-14-15-27(32-30(25)33-28)24-13-9-12-23(18-24)22-10-7-6-8-11-22/h6-19H,1-5H3. The van der Waals surface area contributed by atoms with Crippen molar-refractivity contribution in [2.24, 2.45) is 0 Å². The Labute approximate surface area is 195 Å². The lowest BCUT2D eigenvalue weighted by Crippen LogP contribution is -2.12. The van der Waals surface area contributed by atoms with E-state index in [1.165, 1.54) is 27.8 Å². The lowest BCUT2D eigenvalue weighted by Gasteiger charge is -2.21. The predicted octanol–water partition coefficient (Wildman–Crippen LogP) is 8.74. The van der Waals surface area contributed by atoms with E-state index >= 15 is 0 Å². The molecule has 0 spiro atoms. The third-order valence-corrected chi connectivity index (χ3v) is 6.29. The van der Waals surface area contributed by atoms with Crippen molar-refractivity contribution in [2.75, 3.05) is 0 Å². The molecule has 3 aromatic carbocycles. The Morgan fingerprint density at radius 2 is 1.33 bits per heavy atom.